The van der Waals surface area contributed by atoms with Crippen molar-refractivity contribution >= 4 is 34.7 Å². The van der Waals surface area contributed by atoms with Crippen molar-refractivity contribution in [3.8, 4) is 0 Å². The molecule has 0 radical (unpaired) electrons. The van der Waals surface area contributed by atoms with Gasteiger partial charge in [-0.15, -0.1) is 0 Å². The van der Waals surface area contributed by atoms with Gasteiger partial charge in [0.1, 0.15) is 5.76 Å². The third-order valence-corrected chi connectivity index (χ3v) is 2.97. The lowest BCUT2D eigenvalue weighted by atomic mass is 10.0. The molecule has 2 heteroatoms. The summed E-state index contributed by atoms with van der Waals surface area (Å²) in [7, 11) is 0. The maximum absolute atomic E-state index is 5.67. The van der Waals surface area contributed by atoms with Crippen molar-refractivity contribution in [3.63, 3.8) is 0 Å². The summed E-state index contributed by atoms with van der Waals surface area (Å²) in [4.78, 5) is 0. The summed E-state index contributed by atoms with van der Waals surface area (Å²) in [5.41, 5.74) is 2.50. The van der Waals surface area contributed by atoms with Gasteiger partial charge in [0, 0.05) is 40.1 Å². The van der Waals surface area contributed by atoms with Crippen molar-refractivity contribution < 1.29 is 4.42 Å². The first-order valence-electron chi connectivity index (χ1n) is 4.43. The molecule has 0 aliphatic heterocycles. The number of aryl methyl sites for hydroxylation is 1. The highest BCUT2D eigenvalue weighted by Crippen LogP contribution is 2.30. The van der Waals surface area contributed by atoms with Crippen LogP contribution in [0.15, 0.2) is 16.6 Å². The largest absolute Gasteiger partial charge is 0.454 e. The lowest BCUT2D eigenvalue weighted by Gasteiger charge is -2.01. The average Bonchev–Trinajstić information content (AvgIpc) is 2.44. The van der Waals surface area contributed by atoms with E-state index in [2.05, 4.69) is 46.9 Å². The van der Waals surface area contributed by atoms with Gasteiger partial charge < -0.3 is 4.42 Å². The van der Waals surface area contributed by atoms with E-state index >= 15 is 0 Å². The highest BCUT2D eigenvalue weighted by atomic mass is 127. The van der Waals surface area contributed by atoms with Gasteiger partial charge in [0.05, 0.1) is 0 Å². The van der Waals surface area contributed by atoms with E-state index in [0.29, 0.717) is 0 Å². The number of furan rings is 1. The number of fused-ring (bicyclic) bond motifs is 1. The first-order valence-corrected chi connectivity index (χ1v) is 5.51. The molecule has 0 saturated heterocycles. The second-order valence-corrected chi connectivity index (χ2v) is 4.05. The minimum atomic E-state index is 1.01. The summed E-state index contributed by atoms with van der Waals surface area (Å²) in [5, 5.41) is 0. The van der Waals surface area contributed by atoms with Gasteiger partial charge in [-0.1, -0.05) is 24.3 Å². The molecule has 13 heavy (non-hydrogen) atoms. The Balaban J connectivity index is 2.56. The van der Waals surface area contributed by atoms with E-state index in [4.69, 9.17) is 4.42 Å². The van der Waals surface area contributed by atoms with Crippen LogP contribution in [-0.2, 0) is 6.42 Å². The highest BCUT2D eigenvalue weighted by Gasteiger charge is 2.15. The predicted octanol–water partition coefficient (Wildman–Crippen LogP) is 3.88. The molecular formula is C11H11IO. The van der Waals surface area contributed by atoms with E-state index in [1.807, 2.05) is 6.92 Å². The van der Waals surface area contributed by atoms with Crippen LogP contribution >= 0.6 is 22.6 Å². The van der Waals surface area contributed by atoms with Gasteiger partial charge >= 0.3 is 0 Å². The molecule has 1 heterocycles. The van der Waals surface area contributed by atoms with Crippen molar-refractivity contribution in [1.29, 1.82) is 0 Å². The molecule has 0 spiro atoms. The van der Waals surface area contributed by atoms with Crippen molar-refractivity contribution in [3.05, 3.63) is 32.8 Å². The van der Waals surface area contributed by atoms with E-state index < -0.39 is 0 Å². The van der Waals surface area contributed by atoms with Crippen LogP contribution in [0.2, 0.25) is 0 Å². The summed E-state index contributed by atoms with van der Waals surface area (Å²) in [5.74, 6) is 1.14. The topological polar surface area (TPSA) is 13.1 Å². The Morgan fingerprint density at radius 1 is 1.54 bits per heavy atom. The predicted molar refractivity (Wildman–Crippen MR) is 63.5 cm³/mol. The van der Waals surface area contributed by atoms with Gasteiger partial charge in [-0.3, -0.25) is 0 Å². The zero-order chi connectivity index (χ0) is 9.26. The third-order valence-electron chi connectivity index (χ3n) is 2.17. The molecule has 0 amide bonds. The van der Waals surface area contributed by atoms with Crippen LogP contribution in [0.5, 0.6) is 0 Å². The highest BCUT2D eigenvalue weighted by molar-refractivity contribution is 14.1. The van der Waals surface area contributed by atoms with Crippen LogP contribution in [0.3, 0.4) is 0 Å². The molecule has 0 N–H and O–H groups in total. The van der Waals surface area contributed by atoms with Crippen LogP contribution < -0.4 is 0 Å². The van der Waals surface area contributed by atoms with Crippen molar-refractivity contribution in [2.45, 2.75) is 19.8 Å². The summed E-state index contributed by atoms with van der Waals surface area (Å²) < 4.78 is 6.68. The van der Waals surface area contributed by atoms with Crippen molar-refractivity contribution in [2.75, 3.05) is 0 Å². The van der Waals surface area contributed by atoms with E-state index in [0.717, 1.165) is 22.4 Å². The van der Waals surface area contributed by atoms with E-state index in [1.165, 1.54) is 11.1 Å². The van der Waals surface area contributed by atoms with E-state index in [9.17, 15) is 0 Å². The molecule has 0 saturated carbocycles. The summed E-state index contributed by atoms with van der Waals surface area (Å²) in [6.45, 7) is 2.03. The first-order chi connectivity index (χ1) is 6.33. The van der Waals surface area contributed by atoms with Crippen LogP contribution in [0.1, 0.15) is 30.2 Å². The number of allylic oxidation sites excluding steroid dienone is 2. The molecule has 0 fully saturated rings. The summed E-state index contributed by atoms with van der Waals surface area (Å²) >= 11 is 2.25. The Morgan fingerprint density at radius 3 is 3.15 bits per heavy atom. The number of hydrogen-bond donors (Lipinski definition) is 0. The van der Waals surface area contributed by atoms with E-state index in [1.54, 1.807) is 0 Å². The number of halogens is 1. The molecule has 1 aliphatic rings. The average molecular weight is 286 g/mol. The van der Waals surface area contributed by atoms with Gasteiger partial charge in [0.2, 0.25) is 0 Å². The SMILES string of the molecule is C/C=C\c1c(I)oc2c1C=CCC2. The monoisotopic (exact) mass is 286 g/mol. The summed E-state index contributed by atoms with van der Waals surface area (Å²) in [6, 6.07) is 0. The maximum atomic E-state index is 5.67. The molecule has 68 valence electrons. The van der Waals surface area contributed by atoms with Crippen LogP contribution in [0, 0.1) is 3.77 Å². The van der Waals surface area contributed by atoms with E-state index in [-0.39, 0.29) is 0 Å². The maximum Gasteiger partial charge on any atom is 0.171 e. The van der Waals surface area contributed by atoms with Gasteiger partial charge in [0.25, 0.3) is 0 Å². The van der Waals surface area contributed by atoms with Gasteiger partial charge in [0.15, 0.2) is 3.77 Å². The minimum absolute atomic E-state index is 1.01. The fourth-order valence-corrected chi connectivity index (χ4v) is 2.32. The van der Waals surface area contributed by atoms with Crippen LogP contribution in [0.4, 0.5) is 0 Å². The van der Waals surface area contributed by atoms with Gasteiger partial charge in [-0.2, -0.15) is 0 Å². The number of hydrogen-bond acceptors (Lipinski definition) is 1. The molecule has 0 atom stereocenters. The van der Waals surface area contributed by atoms with Crippen molar-refractivity contribution in [1.82, 2.24) is 0 Å². The van der Waals surface area contributed by atoms with Crippen LogP contribution in [0.25, 0.3) is 12.2 Å². The Morgan fingerprint density at radius 2 is 2.38 bits per heavy atom. The van der Waals surface area contributed by atoms with Gasteiger partial charge in [-0.05, 0) is 13.3 Å². The van der Waals surface area contributed by atoms with Crippen LogP contribution in [-0.4, -0.2) is 0 Å². The Kier molecular flexibility index (Phi) is 2.58. The first kappa shape index (κ1) is 9.06. The fourth-order valence-electron chi connectivity index (χ4n) is 1.58. The molecule has 1 aliphatic carbocycles. The lowest BCUT2D eigenvalue weighted by molar-refractivity contribution is 0.483. The molecule has 1 aromatic rings. The number of rotatable bonds is 1. The zero-order valence-electron chi connectivity index (χ0n) is 7.51. The zero-order valence-corrected chi connectivity index (χ0v) is 9.67. The van der Waals surface area contributed by atoms with Crippen molar-refractivity contribution in [2.24, 2.45) is 0 Å². The standard InChI is InChI=1S/C11H11IO/c1-2-5-9-8-6-3-4-7-10(8)13-11(9)12/h2-3,5-6H,4,7H2,1H3/b5-2-. The molecule has 0 unspecified atom stereocenters. The minimum Gasteiger partial charge on any atom is -0.454 e. The molecular weight excluding hydrogens is 275 g/mol. The third kappa shape index (κ3) is 1.59. The fraction of sp³-hybridized carbons (Fsp3) is 0.273. The van der Waals surface area contributed by atoms with Gasteiger partial charge in [-0.25, -0.2) is 0 Å². The quantitative estimate of drug-likeness (QED) is 0.714. The Labute approximate surface area is 91.7 Å². The molecule has 0 bridgehead atoms. The Bertz CT molecular complexity index is 372. The smallest absolute Gasteiger partial charge is 0.171 e. The second kappa shape index (κ2) is 3.70. The molecule has 1 aromatic heterocycles. The molecule has 2 rings (SSSR count). The molecule has 1 nitrogen and oxygen atoms in total. The second-order valence-electron chi connectivity index (χ2n) is 3.07. The normalized spacial score (nSPS) is 15.2. The Hall–Kier alpha value is -0.510. The summed E-state index contributed by atoms with van der Waals surface area (Å²) in [6.07, 6.45) is 10.7. The molecule has 0 aromatic carbocycles. The lowest BCUT2D eigenvalue weighted by Crippen LogP contribution is -1.89.